The van der Waals surface area contributed by atoms with Crippen LogP contribution in [0.1, 0.15) is 12.8 Å². The first kappa shape index (κ1) is 11.5. The normalized spacial score (nSPS) is 16.9. The van der Waals surface area contributed by atoms with Crippen molar-refractivity contribution < 1.29 is 8.42 Å². The van der Waals surface area contributed by atoms with Gasteiger partial charge in [-0.25, -0.2) is 8.42 Å². The monoisotopic (exact) mass is 215 g/mol. The molecule has 0 unspecified atom stereocenters. The topological polar surface area (TPSA) is 37.4 Å². The van der Waals surface area contributed by atoms with E-state index >= 15 is 0 Å². The maximum Gasteiger partial charge on any atom is 0.148 e. The van der Waals surface area contributed by atoms with E-state index in [2.05, 4.69) is 10.8 Å². The molecule has 0 atom stereocenters. The Hall–Kier alpha value is -0.530. The maximum absolute atomic E-state index is 11.0. The van der Waals surface area contributed by atoms with Crippen LogP contribution >= 0.6 is 0 Å². The van der Waals surface area contributed by atoms with Gasteiger partial charge in [-0.2, -0.15) is 0 Å². The molecule has 80 valence electrons. The summed E-state index contributed by atoms with van der Waals surface area (Å²) in [5.74, 6) is 3.53. The summed E-state index contributed by atoms with van der Waals surface area (Å²) in [5, 5.41) is 0. The minimum absolute atomic E-state index is 0.210. The van der Waals surface area contributed by atoms with Crippen molar-refractivity contribution >= 4 is 9.84 Å². The van der Waals surface area contributed by atoms with E-state index in [-0.39, 0.29) is 5.75 Å². The predicted octanol–water partition coefficient (Wildman–Crippen LogP) is 0.376. The van der Waals surface area contributed by atoms with Gasteiger partial charge in [0.05, 0.1) is 12.3 Å². The van der Waals surface area contributed by atoms with E-state index in [4.69, 9.17) is 6.42 Å². The molecule has 0 radical (unpaired) electrons. The van der Waals surface area contributed by atoms with Gasteiger partial charge in [-0.15, -0.1) is 6.42 Å². The van der Waals surface area contributed by atoms with E-state index in [1.165, 1.54) is 19.1 Å². The molecule has 0 aromatic rings. The lowest BCUT2D eigenvalue weighted by atomic mass is 10.3. The molecule has 0 N–H and O–H groups in total. The van der Waals surface area contributed by atoms with Crippen molar-refractivity contribution in [3.05, 3.63) is 0 Å². The van der Waals surface area contributed by atoms with Crippen molar-refractivity contribution in [2.45, 2.75) is 12.8 Å². The van der Waals surface area contributed by atoms with Gasteiger partial charge in [0.25, 0.3) is 0 Å². The Balaban J connectivity index is 2.31. The third-order valence-electron chi connectivity index (χ3n) is 2.31. The molecule has 0 aromatic carbocycles. The minimum atomic E-state index is -2.86. The van der Waals surface area contributed by atoms with Crippen LogP contribution < -0.4 is 0 Å². The standard InChI is InChI=1S/C10H17NO2S/c1-3-6-11(9-10-4-5-10)7-8-14(2,12)13/h1,10H,4-9H2,2H3. The quantitative estimate of drug-likeness (QED) is 0.601. The van der Waals surface area contributed by atoms with Crippen LogP contribution in [0.3, 0.4) is 0 Å². The Bertz CT molecular complexity index is 312. The van der Waals surface area contributed by atoms with E-state index < -0.39 is 9.84 Å². The van der Waals surface area contributed by atoms with Gasteiger partial charge in [-0.1, -0.05) is 5.92 Å². The van der Waals surface area contributed by atoms with Gasteiger partial charge in [0, 0.05) is 19.3 Å². The molecule has 1 fully saturated rings. The molecule has 0 heterocycles. The maximum atomic E-state index is 11.0. The molecule has 4 heteroatoms. The largest absolute Gasteiger partial charge is 0.291 e. The third kappa shape index (κ3) is 5.25. The highest BCUT2D eigenvalue weighted by atomic mass is 32.2. The van der Waals surface area contributed by atoms with Crippen molar-refractivity contribution in [3.8, 4) is 12.3 Å². The highest BCUT2D eigenvalue weighted by molar-refractivity contribution is 7.90. The van der Waals surface area contributed by atoms with Crippen molar-refractivity contribution in [2.75, 3.05) is 31.6 Å². The number of sulfone groups is 1. The third-order valence-corrected chi connectivity index (χ3v) is 3.23. The fraction of sp³-hybridized carbons (Fsp3) is 0.800. The summed E-state index contributed by atoms with van der Waals surface area (Å²) in [4.78, 5) is 2.05. The Labute approximate surface area is 86.4 Å². The van der Waals surface area contributed by atoms with Crippen LogP contribution in [0.4, 0.5) is 0 Å². The van der Waals surface area contributed by atoms with Crippen LogP contribution in [0.5, 0.6) is 0 Å². The van der Waals surface area contributed by atoms with Gasteiger partial charge < -0.3 is 0 Å². The van der Waals surface area contributed by atoms with E-state index in [1.807, 2.05) is 0 Å². The molecule has 0 aromatic heterocycles. The second kappa shape index (κ2) is 4.81. The number of terminal acetylenes is 1. The minimum Gasteiger partial charge on any atom is -0.291 e. The molecule has 1 rings (SSSR count). The van der Waals surface area contributed by atoms with Crippen LogP contribution in [-0.4, -0.2) is 45.0 Å². The Kier molecular flexibility index (Phi) is 3.97. The van der Waals surface area contributed by atoms with E-state index in [0.717, 1.165) is 12.5 Å². The summed E-state index contributed by atoms with van der Waals surface area (Å²) in [6.45, 7) is 2.09. The molecular formula is C10H17NO2S. The van der Waals surface area contributed by atoms with Gasteiger partial charge in [0.2, 0.25) is 0 Å². The highest BCUT2D eigenvalue weighted by Gasteiger charge is 2.24. The molecular weight excluding hydrogens is 198 g/mol. The molecule has 0 aliphatic heterocycles. The van der Waals surface area contributed by atoms with Crippen LogP contribution in [0, 0.1) is 18.3 Å². The molecule has 0 bridgehead atoms. The zero-order valence-electron chi connectivity index (χ0n) is 8.57. The van der Waals surface area contributed by atoms with Crippen LogP contribution in [0.15, 0.2) is 0 Å². The Morgan fingerprint density at radius 1 is 1.50 bits per heavy atom. The van der Waals surface area contributed by atoms with Gasteiger partial charge in [-0.05, 0) is 18.8 Å². The molecule has 14 heavy (non-hydrogen) atoms. The fourth-order valence-electron chi connectivity index (χ4n) is 1.32. The summed E-state index contributed by atoms with van der Waals surface area (Å²) < 4.78 is 21.9. The second-order valence-corrected chi connectivity index (χ2v) is 6.27. The smallest absolute Gasteiger partial charge is 0.148 e. The predicted molar refractivity (Wildman–Crippen MR) is 57.7 cm³/mol. The summed E-state index contributed by atoms with van der Waals surface area (Å²) in [6.07, 6.45) is 9.01. The lowest BCUT2D eigenvalue weighted by Crippen LogP contribution is -2.31. The zero-order valence-corrected chi connectivity index (χ0v) is 9.39. The molecule has 1 aliphatic rings. The summed E-state index contributed by atoms with van der Waals surface area (Å²) >= 11 is 0. The van der Waals surface area contributed by atoms with Gasteiger partial charge in [0.1, 0.15) is 9.84 Å². The molecule has 0 amide bonds. The van der Waals surface area contributed by atoms with Crippen molar-refractivity contribution in [1.82, 2.24) is 4.90 Å². The van der Waals surface area contributed by atoms with Gasteiger partial charge in [-0.3, -0.25) is 4.90 Å². The first-order valence-corrected chi connectivity index (χ1v) is 6.91. The number of hydrogen-bond acceptors (Lipinski definition) is 3. The molecule has 1 aliphatic carbocycles. The van der Waals surface area contributed by atoms with Crippen molar-refractivity contribution in [1.29, 1.82) is 0 Å². The lowest BCUT2D eigenvalue weighted by molar-refractivity contribution is 0.311. The van der Waals surface area contributed by atoms with Crippen LogP contribution in [-0.2, 0) is 9.84 Å². The first-order valence-electron chi connectivity index (χ1n) is 4.85. The van der Waals surface area contributed by atoms with Crippen molar-refractivity contribution in [2.24, 2.45) is 5.92 Å². The zero-order chi connectivity index (χ0) is 10.6. The van der Waals surface area contributed by atoms with Gasteiger partial charge in [0.15, 0.2) is 0 Å². The first-order chi connectivity index (χ1) is 6.51. The molecule has 1 saturated carbocycles. The lowest BCUT2D eigenvalue weighted by Gasteiger charge is -2.18. The summed E-state index contributed by atoms with van der Waals surface area (Å²) in [7, 11) is -2.86. The summed E-state index contributed by atoms with van der Waals surface area (Å²) in [5.41, 5.74) is 0. The number of nitrogens with zero attached hydrogens (tertiary/aromatic N) is 1. The number of hydrogen-bond donors (Lipinski definition) is 0. The SMILES string of the molecule is C#CCN(CCS(C)(=O)=O)CC1CC1. The Morgan fingerprint density at radius 3 is 2.57 bits per heavy atom. The molecule has 3 nitrogen and oxygen atoms in total. The Morgan fingerprint density at radius 2 is 2.14 bits per heavy atom. The highest BCUT2D eigenvalue weighted by Crippen LogP contribution is 2.29. The second-order valence-electron chi connectivity index (χ2n) is 4.01. The van der Waals surface area contributed by atoms with E-state index in [9.17, 15) is 8.42 Å². The number of rotatable bonds is 6. The summed E-state index contributed by atoms with van der Waals surface area (Å²) in [6, 6.07) is 0. The fourth-order valence-corrected chi connectivity index (χ4v) is 1.91. The van der Waals surface area contributed by atoms with E-state index in [0.29, 0.717) is 13.1 Å². The van der Waals surface area contributed by atoms with E-state index in [1.54, 1.807) is 0 Å². The molecule has 0 spiro atoms. The van der Waals surface area contributed by atoms with Crippen LogP contribution in [0.2, 0.25) is 0 Å². The van der Waals surface area contributed by atoms with Gasteiger partial charge >= 0.3 is 0 Å². The molecule has 0 saturated heterocycles. The average molecular weight is 215 g/mol. The van der Waals surface area contributed by atoms with Crippen molar-refractivity contribution in [3.63, 3.8) is 0 Å². The van der Waals surface area contributed by atoms with Crippen LogP contribution in [0.25, 0.3) is 0 Å². The average Bonchev–Trinajstić information content (AvgIpc) is 2.83.